The van der Waals surface area contributed by atoms with Crippen molar-refractivity contribution in [3.8, 4) is 0 Å². The molecule has 0 radical (unpaired) electrons. The number of rotatable bonds is 12. The second-order valence-electron chi connectivity index (χ2n) is 9.71. The summed E-state index contributed by atoms with van der Waals surface area (Å²) in [5.74, 6) is -4.16. The van der Waals surface area contributed by atoms with Crippen molar-refractivity contribution in [3.05, 3.63) is 29.8 Å². The van der Waals surface area contributed by atoms with Crippen LogP contribution in [0.1, 0.15) is 12.5 Å². The number of hydrogen-bond acceptors (Lipinski definition) is 10. The highest BCUT2D eigenvalue weighted by Gasteiger charge is 2.27. The summed E-state index contributed by atoms with van der Waals surface area (Å²) >= 11 is 4.33. The van der Waals surface area contributed by atoms with Gasteiger partial charge in [-0.25, -0.2) is 0 Å². The lowest BCUT2D eigenvalue weighted by Gasteiger charge is -2.37. The zero-order chi connectivity index (χ0) is 28.9. The molecule has 218 valence electrons. The Morgan fingerprint density at radius 3 is 1.67 bits per heavy atom. The molecule has 0 aliphatic carbocycles. The number of carboxylic acids is 4. The molecule has 0 aromatic heterocycles. The molecule has 0 spiro atoms. The molecule has 39 heavy (non-hydrogen) atoms. The highest BCUT2D eigenvalue weighted by Crippen LogP contribution is 2.17. The van der Waals surface area contributed by atoms with Crippen LogP contribution in [0.3, 0.4) is 0 Å². The van der Waals surface area contributed by atoms with E-state index in [0.29, 0.717) is 6.42 Å². The van der Waals surface area contributed by atoms with Gasteiger partial charge in [-0.05, 0) is 31.0 Å². The number of benzene rings is 1. The van der Waals surface area contributed by atoms with E-state index in [4.69, 9.17) is 0 Å². The summed E-state index contributed by atoms with van der Waals surface area (Å²) in [6.07, 6.45) is 0.428. The van der Waals surface area contributed by atoms with Gasteiger partial charge in [-0.15, -0.1) is 0 Å². The largest absolute Gasteiger partial charge is 0.480 e. The van der Waals surface area contributed by atoms with Crippen LogP contribution >= 0.6 is 12.6 Å². The number of carboxylic acid groups (broad SMARTS) is 4. The van der Waals surface area contributed by atoms with E-state index in [1.54, 1.807) is 19.6 Å². The lowest BCUT2D eigenvalue weighted by Crippen LogP contribution is -2.53. The molecule has 2 unspecified atom stereocenters. The van der Waals surface area contributed by atoms with Gasteiger partial charge in [0.15, 0.2) is 0 Å². The first-order valence-electron chi connectivity index (χ1n) is 12.7. The molecule has 2 rings (SSSR count). The van der Waals surface area contributed by atoms with Crippen LogP contribution in [0.25, 0.3) is 0 Å². The van der Waals surface area contributed by atoms with Crippen molar-refractivity contribution in [2.45, 2.75) is 24.8 Å². The van der Waals surface area contributed by atoms with Gasteiger partial charge in [0.2, 0.25) is 0 Å². The molecule has 13 nitrogen and oxygen atoms in total. The quantitative estimate of drug-likeness (QED) is 0.145. The molecular weight excluding hydrogens is 530 g/mol. The third-order valence-electron chi connectivity index (χ3n) is 6.37. The predicted octanol–water partition coefficient (Wildman–Crippen LogP) is -0.155. The normalized spacial score (nSPS) is 19.9. The second-order valence-corrected chi connectivity index (χ2v) is 10.5. The van der Waals surface area contributed by atoms with E-state index in [2.05, 4.69) is 17.9 Å². The van der Waals surface area contributed by atoms with Crippen molar-refractivity contribution in [2.75, 3.05) is 77.3 Å². The zero-order valence-corrected chi connectivity index (χ0v) is 23.0. The number of anilines is 1. The molecule has 1 aliphatic rings. The van der Waals surface area contributed by atoms with E-state index in [9.17, 15) is 39.6 Å². The molecule has 2 atom stereocenters. The fourth-order valence-corrected chi connectivity index (χ4v) is 4.76. The monoisotopic (exact) mass is 569 g/mol. The van der Waals surface area contributed by atoms with E-state index in [0.717, 1.165) is 11.3 Å². The van der Waals surface area contributed by atoms with Gasteiger partial charge >= 0.3 is 23.9 Å². The molecule has 0 saturated carbocycles. The van der Waals surface area contributed by atoms with Crippen molar-refractivity contribution in [1.29, 1.82) is 0 Å². The Morgan fingerprint density at radius 2 is 1.21 bits per heavy atom. The molecule has 0 amide bonds. The fraction of sp³-hybridized carbons (Fsp3) is 0.600. The zero-order valence-electron chi connectivity index (χ0n) is 22.1. The lowest BCUT2D eigenvalue weighted by molar-refractivity contribution is -0.142. The first-order chi connectivity index (χ1) is 18.4. The number of hydrogen-bond donors (Lipinski definition) is 6. The smallest absolute Gasteiger partial charge is 0.317 e. The minimum atomic E-state index is -1.04. The maximum atomic E-state index is 11.8. The summed E-state index contributed by atoms with van der Waals surface area (Å²) in [6, 6.07) is 7.22. The number of nitrogens with one attached hydrogen (secondary N) is 1. The van der Waals surface area contributed by atoms with E-state index in [1.807, 2.05) is 31.2 Å². The highest BCUT2D eigenvalue weighted by atomic mass is 32.1. The molecule has 1 heterocycles. The summed E-state index contributed by atoms with van der Waals surface area (Å²) in [4.78, 5) is 53.2. The van der Waals surface area contributed by atoms with Gasteiger partial charge in [0.1, 0.15) is 0 Å². The molecule has 1 aliphatic heterocycles. The van der Waals surface area contributed by atoms with E-state index >= 15 is 0 Å². The number of thiol groups is 1. The predicted molar refractivity (Wildman–Crippen MR) is 147 cm³/mol. The first kappa shape index (κ1) is 32.3. The molecule has 5 N–H and O–H groups in total. The van der Waals surface area contributed by atoms with Crippen LogP contribution in [0.15, 0.2) is 24.3 Å². The van der Waals surface area contributed by atoms with E-state index < -0.39 is 29.9 Å². The number of aliphatic carboxylic acids is 4. The van der Waals surface area contributed by atoms with Crippen LogP contribution < -0.4 is 5.32 Å². The Morgan fingerprint density at radius 1 is 0.769 bits per heavy atom. The minimum absolute atomic E-state index is 0.0489. The van der Waals surface area contributed by atoms with Crippen LogP contribution in [-0.2, 0) is 25.6 Å². The number of carbonyl (C=O) groups is 4. The molecule has 14 heteroatoms. The third kappa shape index (κ3) is 13.1. The van der Waals surface area contributed by atoms with Crippen molar-refractivity contribution in [1.82, 2.24) is 19.6 Å². The molecule has 1 aromatic rings. The molecule has 1 saturated heterocycles. The molecule has 0 bridgehead atoms. The van der Waals surface area contributed by atoms with Crippen molar-refractivity contribution in [3.63, 3.8) is 0 Å². The van der Waals surface area contributed by atoms with Gasteiger partial charge in [0.05, 0.1) is 31.6 Å². The Labute approximate surface area is 233 Å². The summed E-state index contributed by atoms with van der Waals surface area (Å²) in [6.45, 7) is 2.54. The third-order valence-corrected chi connectivity index (χ3v) is 6.50. The van der Waals surface area contributed by atoms with Crippen molar-refractivity contribution in [2.24, 2.45) is 0 Å². The summed E-state index contributed by atoms with van der Waals surface area (Å²) < 4.78 is 0. The SMILES string of the molecule is CC(S)Nc1ccc(CC2CN(CC(=O)O)CCN(CC(=O)O)CCN(CC(=O)O)CCN2CC(=O)O)cc1. The van der Waals surface area contributed by atoms with Gasteiger partial charge in [-0.1, -0.05) is 12.1 Å². The van der Waals surface area contributed by atoms with Gasteiger partial charge in [0.25, 0.3) is 0 Å². The summed E-state index contributed by atoms with van der Waals surface area (Å²) in [5.41, 5.74) is 1.79. The summed E-state index contributed by atoms with van der Waals surface area (Å²) in [5, 5.41) is 41.1. The van der Waals surface area contributed by atoms with Crippen LogP contribution in [0.2, 0.25) is 0 Å². The number of nitrogens with zero attached hydrogens (tertiary/aromatic N) is 4. The van der Waals surface area contributed by atoms with Gasteiger partial charge in [0, 0.05) is 57.5 Å². The minimum Gasteiger partial charge on any atom is -0.480 e. The lowest BCUT2D eigenvalue weighted by atomic mass is 10.0. The van der Waals surface area contributed by atoms with Crippen LogP contribution in [-0.4, -0.2) is 147 Å². The van der Waals surface area contributed by atoms with E-state index in [1.165, 1.54) is 0 Å². The topological polar surface area (TPSA) is 174 Å². The van der Waals surface area contributed by atoms with Crippen LogP contribution in [0.4, 0.5) is 5.69 Å². The first-order valence-corrected chi connectivity index (χ1v) is 13.2. The van der Waals surface area contributed by atoms with Gasteiger partial charge < -0.3 is 25.7 Å². The van der Waals surface area contributed by atoms with Gasteiger partial charge in [-0.2, -0.15) is 12.6 Å². The average Bonchev–Trinajstić information content (AvgIpc) is 2.81. The van der Waals surface area contributed by atoms with Crippen molar-refractivity contribution < 1.29 is 39.6 Å². The second kappa shape index (κ2) is 16.3. The van der Waals surface area contributed by atoms with Crippen LogP contribution in [0, 0.1) is 0 Å². The summed E-state index contributed by atoms with van der Waals surface area (Å²) in [7, 11) is 0. The Bertz CT molecular complexity index is 964. The Kier molecular flexibility index (Phi) is 13.5. The molecule has 1 fully saturated rings. The average molecular weight is 570 g/mol. The fourth-order valence-electron chi connectivity index (χ4n) is 4.61. The van der Waals surface area contributed by atoms with Crippen molar-refractivity contribution >= 4 is 42.2 Å². The maximum Gasteiger partial charge on any atom is 0.317 e. The highest BCUT2D eigenvalue weighted by molar-refractivity contribution is 7.81. The molecular formula is C25H39N5O8S. The Hall–Kier alpha value is -2.91. The van der Waals surface area contributed by atoms with Gasteiger partial charge in [-0.3, -0.25) is 38.8 Å². The maximum absolute atomic E-state index is 11.8. The standard InChI is InChI=1S/C25H39N5O8S/c1-18(39)26-20-4-2-19(3-5-20)12-21-13-29(16-24(35)36)9-8-27(14-22(31)32)6-7-28(15-23(33)34)10-11-30(21)17-25(37)38/h2-5,18,21,26,39H,6-17H2,1H3,(H,31,32)(H,33,34)(H,35,36)(H,37,38). The van der Waals surface area contributed by atoms with E-state index in [-0.39, 0.29) is 77.4 Å². The molecule has 1 aromatic carbocycles. The Balaban J connectivity index is 2.39. The van der Waals surface area contributed by atoms with Crippen LogP contribution in [0.5, 0.6) is 0 Å².